The van der Waals surface area contributed by atoms with Crippen molar-refractivity contribution < 1.29 is 32.2 Å². The molecule has 4 nitrogen and oxygen atoms in total. The Hall–Kier alpha value is -1.86. The molecule has 0 saturated heterocycles. The second-order valence-corrected chi connectivity index (χ2v) is 3.38. The highest BCUT2D eigenvalue weighted by molar-refractivity contribution is 5.90. The number of pyridine rings is 1. The number of carboxylic acids is 1. The van der Waals surface area contributed by atoms with Crippen LogP contribution in [0.3, 0.4) is 0 Å². The molecule has 1 N–H and O–H groups in total. The number of rotatable bonds is 5. The van der Waals surface area contributed by atoms with E-state index in [2.05, 4.69) is 4.98 Å². The summed E-state index contributed by atoms with van der Waals surface area (Å²) in [4.78, 5) is 14.1. The summed E-state index contributed by atoms with van der Waals surface area (Å²) in [5.41, 5.74) is -0.526. The topological polar surface area (TPSA) is 59.4 Å². The summed E-state index contributed by atoms with van der Waals surface area (Å²) >= 11 is 0. The lowest BCUT2D eigenvalue weighted by Crippen LogP contribution is -2.11. The molecule has 8 heteroatoms. The zero-order chi connectivity index (χ0) is 13.8. The van der Waals surface area contributed by atoms with E-state index in [-0.39, 0.29) is 13.0 Å². The molecule has 0 amide bonds. The van der Waals surface area contributed by atoms with Gasteiger partial charge in [-0.2, -0.15) is 13.2 Å². The minimum Gasteiger partial charge on any atom is -0.477 e. The Morgan fingerprint density at radius 2 is 2.11 bits per heavy atom. The number of hydrogen-bond acceptors (Lipinski definition) is 3. The Balaban J connectivity index is 2.59. The average molecular weight is 267 g/mol. The molecule has 1 aromatic heterocycles. The number of halogens is 4. The van der Waals surface area contributed by atoms with E-state index < -0.39 is 35.8 Å². The van der Waals surface area contributed by atoms with Gasteiger partial charge < -0.3 is 9.84 Å². The van der Waals surface area contributed by atoms with Gasteiger partial charge in [-0.25, -0.2) is 14.2 Å². The van der Waals surface area contributed by atoms with E-state index in [1.807, 2.05) is 0 Å². The molecule has 1 heterocycles. The van der Waals surface area contributed by atoms with Crippen molar-refractivity contribution >= 4 is 5.97 Å². The first-order valence-corrected chi connectivity index (χ1v) is 4.88. The van der Waals surface area contributed by atoms with Gasteiger partial charge in [-0.3, -0.25) is 0 Å². The van der Waals surface area contributed by atoms with Gasteiger partial charge >= 0.3 is 12.1 Å². The monoisotopic (exact) mass is 267 g/mol. The number of hydrogen-bond donors (Lipinski definition) is 1. The van der Waals surface area contributed by atoms with Crippen LogP contribution < -0.4 is 4.74 Å². The SMILES string of the molecule is O=C(O)c1cc(F)cnc1OCCCC(F)(F)F. The molecule has 0 atom stereocenters. The highest BCUT2D eigenvalue weighted by atomic mass is 19.4. The maximum atomic E-state index is 12.7. The number of carboxylic acid groups (broad SMARTS) is 1. The molecule has 0 spiro atoms. The third-order valence-corrected chi connectivity index (χ3v) is 1.89. The summed E-state index contributed by atoms with van der Waals surface area (Å²) in [5, 5.41) is 8.71. The Kier molecular flexibility index (Phi) is 4.46. The summed E-state index contributed by atoms with van der Waals surface area (Å²) < 4.78 is 53.0. The first kappa shape index (κ1) is 14.2. The fraction of sp³-hybridized carbons (Fsp3) is 0.400. The highest BCUT2D eigenvalue weighted by Gasteiger charge is 2.26. The van der Waals surface area contributed by atoms with Gasteiger partial charge in [0.25, 0.3) is 0 Å². The number of ether oxygens (including phenoxy) is 1. The lowest BCUT2D eigenvalue weighted by molar-refractivity contribution is -0.136. The van der Waals surface area contributed by atoms with Crippen molar-refractivity contribution in [1.82, 2.24) is 4.98 Å². The van der Waals surface area contributed by atoms with Crippen LogP contribution in [0.1, 0.15) is 23.2 Å². The van der Waals surface area contributed by atoms with Crippen molar-refractivity contribution in [1.29, 1.82) is 0 Å². The summed E-state index contributed by atoms with van der Waals surface area (Å²) in [6.45, 7) is -0.349. The predicted octanol–water partition coefficient (Wildman–Crippen LogP) is 2.64. The Bertz CT molecular complexity index is 434. The molecule has 0 unspecified atom stereocenters. The standard InChI is InChI=1S/C10H9F4NO3/c11-6-4-7(9(16)17)8(15-5-6)18-3-1-2-10(12,13)14/h4-5H,1-3H2,(H,16,17). The number of alkyl halides is 3. The molecule has 0 aliphatic carbocycles. The smallest absolute Gasteiger partial charge is 0.389 e. The minimum absolute atomic E-state index is 0.332. The van der Waals surface area contributed by atoms with Crippen LogP contribution in [-0.2, 0) is 0 Å². The minimum atomic E-state index is -4.30. The fourth-order valence-electron chi connectivity index (χ4n) is 1.14. The van der Waals surface area contributed by atoms with E-state index in [1.54, 1.807) is 0 Å². The molecule has 100 valence electrons. The maximum absolute atomic E-state index is 12.7. The van der Waals surface area contributed by atoms with Crippen molar-refractivity contribution in [2.75, 3.05) is 6.61 Å². The Labute approximate surface area is 99.2 Å². The van der Waals surface area contributed by atoms with Crippen LogP contribution in [0.25, 0.3) is 0 Å². The van der Waals surface area contributed by atoms with Crippen molar-refractivity contribution in [3.05, 3.63) is 23.6 Å². The molecular weight excluding hydrogens is 258 g/mol. The molecule has 0 aromatic carbocycles. The molecule has 0 aliphatic rings. The van der Waals surface area contributed by atoms with E-state index in [9.17, 15) is 22.4 Å². The lowest BCUT2D eigenvalue weighted by Gasteiger charge is -2.09. The Morgan fingerprint density at radius 1 is 1.44 bits per heavy atom. The van der Waals surface area contributed by atoms with Crippen LogP contribution in [0.15, 0.2) is 12.3 Å². The van der Waals surface area contributed by atoms with Gasteiger partial charge in [0.1, 0.15) is 11.4 Å². The van der Waals surface area contributed by atoms with Crippen molar-refractivity contribution in [3.8, 4) is 5.88 Å². The van der Waals surface area contributed by atoms with Gasteiger partial charge in [0.2, 0.25) is 5.88 Å². The average Bonchev–Trinajstić information content (AvgIpc) is 2.24. The molecule has 1 aromatic rings. The van der Waals surface area contributed by atoms with E-state index >= 15 is 0 Å². The number of carbonyl (C=O) groups is 1. The van der Waals surface area contributed by atoms with Gasteiger partial charge in [0.05, 0.1) is 12.8 Å². The molecule has 0 radical (unpaired) electrons. The van der Waals surface area contributed by atoms with Crippen LogP contribution in [0, 0.1) is 5.82 Å². The van der Waals surface area contributed by atoms with E-state index in [0.29, 0.717) is 6.07 Å². The Morgan fingerprint density at radius 3 is 2.67 bits per heavy atom. The molecular formula is C10H9F4NO3. The van der Waals surface area contributed by atoms with E-state index in [1.165, 1.54) is 0 Å². The molecule has 0 bridgehead atoms. The highest BCUT2D eigenvalue weighted by Crippen LogP contribution is 2.22. The fourth-order valence-corrected chi connectivity index (χ4v) is 1.14. The van der Waals surface area contributed by atoms with Crippen molar-refractivity contribution in [2.24, 2.45) is 0 Å². The van der Waals surface area contributed by atoms with E-state index in [0.717, 1.165) is 6.20 Å². The second-order valence-electron chi connectivity index (χ2n) is 3.38. The van der Waals surface area contributed by atoms with Crippen LogP contribution in [-0.4, -0.2) is 28.8 Å². The number of aromatic carboxylic acids is 1. The van der Waals surface area contributed by atoms with Crippen LogP contribution in [0.2, 0.25) is 0 Å². The zero-order valence-electron chi connectivity index (χ0n) is 9.00. The van der Waals surface area contributed by atoms with Gasteiger partial charge in [-0.1, -0.05) is 0 Å². The third kappa shape index (κ3) is 4.56. The first-order valence-electron chi connectivity index (χ1n) is 4.88. The molecule has 18 heavy (non-hydrogen) atoms. The summed E-state index contributed by atoms with van der Waals surface area (Å²) in [7, 11) is 0. The molecule has 1 rings (SSSR count). The van der Waals surface area contributed by atoms with Crippen molar-refractivity contribution in [3.63, 3.8) is 0 Å². The van der Waals surface area contributed by atoms with E-state index in [4.69, 9.17) is 9.84 Å². The molecule has 0 fully saturated rings. The van der Waals surface area contributed by atoms with Crippen LogP contribution >= 0.6 is 0 Å². The first-order chi connectivity index (χ1) is 8.29. The van der Waals surface area contributed by atoms with Crippen LogP contribution in [0.4, 0.5) is 17.6 Å². The summed E-state index contributed by atoms with van der Waals surface area (Å²) in [6, 6.07) is 0.689. The van der Waals surface area contributed by atoms with Gasteiger partial charge in [0.15, 0.2) is 0 Å². The number of aromatic nitrogens is 1. The quantitative estimate of drug-likeness (QED) is 0.658. The van der Waals surface area contributed by atoms with Gasteiger partial charge in [0, 0.05) is 6.42 Å². The molecule has 0 saturated carbocycles. The normalized spacial score (nSPS) is 11.3. The largest absolute Gasteiger partial charge is 0.477 e. The number of nitrogens with zero attached hydrogens (tertiary/aromatic N) is 1. The zero-order valence-corrected chi connectivity index (χ0v) is 9.00. The van der Waals surface area contributed by atoms with Crippen LogP contribution in [0.5, 0.6) is 5.88 Å². The summed E-state index contributed by atoms with van der Waals surface area (Å²) in [6.07, 6.45) is -4.95. The lowest BCUT2D eigenvalue weighted by atomic mass is 10.2. The van der Waals surface area contributed by atoms with Gasteiger partial charge in [-0.15, -0.1) is 0 Å². The van der Waals surface area contributed by atoms with Gasteiger partial charge in [-0.05, 0) is 12.5 Å². The summed E-state index contributed by atoms with van der Waals surface area (Å²) in [5.74, 6) is -2.73. The third-order valence-electron chi connectivity index (χ3n) is 1.89. The predicted molar refractivity (Wildman–Crippen MR) is 51.9 cm³/mol. The van der Waals surface area contributed by atoms with Crippen molar-refractivity contribution in [2.45, 2.75) is 19.0 Å². The maximum Gasteiger partial charge on any atom is 0.389 e. The molecule has 0 aliphatic heterocycles. The second kappa shape index (κ2) is 5.65.